The molecule has 0 unspecified atom stereocenters. The molecule has 0 heterocycles. The van der Waals surface area contributed by atoms with E-state index in [1.807, 2.05) is 24.3 Å². The van der Waals surface area contributed by atoms with E-state index in [-0.39, 0.29) is 0 Å². The molecule has 0 amide bonds. The Labute approximate surface area is 74.7 Å². The molecule has 0 atom stereocenters. The minimum atomic E-state index is 0.799. The lowest BCUT2D eigenvalue weighted by Gasteiger charge is -2.00. The van der Waals surface area contributed by atoms with Crippen molar-refractivity contribution in [3.05, 3.63) is 24.3 Å². The van der Waals surface area contributed by atoms with E-state index in [4.69, 9.17) is 4.74 Å². The lowest BCUT2D eigenvalue weighted by molar-refractivity contribution is -0.195. The molecular formula is C7H9NO3S. The van der Waals surface area contributed by atoms with Crippen molar-refractivity contribution >= 4 is 12.0 Å². The Morgan fingerprint density at radius 2 is 1.92 bits per heavy atom. The zero-order chi connectivity index (χ0) is 8.81. The minimum Gasteiger partial charge on any atom is -0.497 e. The summed E-state index contributed by atoms with van der Waals surface area (Å²) in [5, 5.41) is 0. The predicted molar refractivity (Wildman–Crippen MR) is 45.2 cm³/mol. The third-order valence-electron chi connectivity index (χ3n) is 1.23. The predicted octanol–water partition coefficient (Wildman–Crippen LogP) is 1.52. The number of methoxy groups -OCH3 is 1. The summed E-state index contributed by atoms with van der Waals surface area (Å²) in [5.74, 6) is 5.46. The summed E-state index contributed by atoms with van der Waals surface area (Å²) in [7, 11) is 1.61. The van der Waals surface area contributed by atoms with E-state index in [0.29, 0.717) is 0 Å². The quantitative estimate of drug-likeness (QED) is 0.440. The summed E-state index contributed by atoms with van der Waals surface area (Å²) in [5.41, 5.74) is 0. The fraction of sp³-hybridized carbons (Fsp3) is 0.143. The molecule has 0 aliphatic rings. The number of hydrogen-bond acceptors (Lipinski definition) is 5. The maximum atomic E-state index is 4.97. The van der Waals surface area contributed by atoms with Gasteiger partial charge in [-0.2, -0.15) is 5.90 Å². The van der Waals surface area contributed by atoms with Crippen molar-refractivity contribution in [2.24, 2.45) is 5.90 Å². The van der Waals surface area contributed by atoms with Gasteiger partial charge in [-0.15, -0.1) is 9.32 Å². The molecule has 4 nitrogen and oxygen atoms in total. The smallest absolute Gasteiger partial charge is 0.118 e. The van der Waals surface area contributed by atoms with Gasteiger partial charge in [-0.3, -0.25) is 0 Å². The Balaban J connectivity index is 2.53. The molecule has 0 aromatic heterocycles. The number of ether oxygens (including phenoxy) is 1. The van der Waals surface area contributed by atoms with Crippen LogP contribution < -0.4 is 10.6 Å². The zero-order valence-electron chi connectivity index (χ0n) is 6.52. The Morgan fingerprint density at radius 3 is 2.42 bits per heavy atom. The monoisotopic (exact) mass is 187 g/mol. The molecular weight excluding hydrogens is 178 g/mol. The molecule has 1 aromatic carbocycles. The van der Waals surface area contributed by atoms with Gasteiger partial charge in [0.05, 0.1) is 19.2 Å². The molecule has 0 radical (unpaired) electrons. The summed E-state index contributed by atoms with van der Waals surface area (Å²) in [4.78, 5) is 4.82. The van der Waals surface area contributed by atoms with Crippen molar-refractivity contribution in [2.75, 3.05) is 7.11 Å². The molecule has 12 heavy (non-hydrogen) atoms. The highest BCUT2D eigenvalue weighted by atomic mass is 32.2. The van der Waals surface area contributed by atoms with Crippen molar-refractivity contribution in [2.45, 2.75) is 4.90 Å². The Morgan fingerprint density at radius 1 is 1.25 bits per heavy atom. The Kier molecular flexibility index (Phi) is 3.89. The third-order valence-corrected chi connectivity index (χ3v) is 1.84. The fourth-order valence-electron chi connectivity index (χ4n) is 0.690. The third kappa shape index (κ3) is 2.71. The van der Waals surface area contributed by atoms with Crippen LogP contribution in [0.1, 0.15) is 0 Å². The van der Waals surface area contributed by atoms with Crippen molar-refractivity contribution in [3.8, 4) is 5.75 Å². The lowest BCUT2D eigenvalue weighted by atomic mass is 10.3. The molecule has 0 aliphatic heterocycles. The fourth-order valence-corrected chi connectivity index (χ4v) is 1.06. The number of hydrogen-bond donors (Lipinski definition) is 1. The number of benzene rings is 1. The molecule has 0 saturated heterocycles. The van der Waals surface area contributed by atoms with Crippen LogP contribution in [0.15, 0.2) is 29.2 Å². The Bertz CT molecular complexity index is 227. The standard InChI is InChI=1S/C7H9NO3S/c1-9-6-2-4-7(5-3-6)12-11-10-8/h2-5H,8H2,1H3. The largest absolute Gasteiger partial charge is 0.497 e. The van der Waals surface area contributed by atoms with Crippen LogP contribution in [0.4, 0.5) is 0 Å². The van der Waals surface area contributed by atoms with Gasteiger partial charge in [-0.25, -0.2) is 0 Å². The van der Waals surface area contributed by atoms with Crippen molar-refractivity contribution < 1.29 is 14.1 Å². The van der Waals surface area contributed by atoms with E-state index in [0.717, 1.165) is 22.7 Å². The molecule has 66 valence electrons. The highest BCUT2D eigenvalue weighted by molar-refractivity contribution is 7.94. The Hall–Kier alpha value is -0.750. The van der Waals surface area contributed by atoms with Gasteiger partial charge in [0.1, 0.15) is 5.75 Å². The highest BCUT2D eigenvalue weighted by Crippen LogP contribution is 2.21. The van der Waals surface area contributed by atoms with Crippen LogP contribution in [0.2, 0.25) is 0 Å². The molecule has 5 heteroatoms. The van der Waals surface area contributed by atoms with E-state index in [1.165, 1.54) is 0 Å². The van der Waals surface area contributed by atoms with Crippen LogP contribution in [-0.4, -0.2) is 7.11 Å². The highest BCUT2D eigenvalue weighted by Gasteiger charge is 1.95. The average Bonchev–Trinajstić information content (AvgIpc) is 2.15. The van der Waals surface area contributed by atoms with Gasteiger partial charge in [0.2, 0.25) is 0 Å². The molecule has 0 spiro atoms. The van der Waals surface area contributed by atoms with E-state index in [2.05, 4.69) is 15.2 Å². The average molecular weight is 187 g/mol. The normalized spacial score (nSPS) is 9.83. The molecule has 0 bridgehead atoms. The topological polar surface area (TPSA) is 53.7 Å². The first kappa shape index (κ1) is 9.34. The van der Waals surface area contributed by atoms with Gasteiger partial charge < -0.3 is 4.74 Å². The van der Waals surface area contributed by atoms with E-state index in [1.54, 1.807) is 7.11 Å². The maximum absolute atomic E-state index is 4.97. The summed E-state index contributed by atoms with van der Waals surface area (Å²) < 4.78 is 9.41. The summed E-state index contributed by atoms with van der Waals surface area (Å²) >= 11 is 1.04. The van der Waals surface area contributed by atoms with Gasteiger partial charge in [0.15, 0.2) is 0 Å². The maximum Gasteiger partial charge on any atom is 0.118 e. The first-order valence-electron chi connectivity index (χ1n) is 3.21. The van der Waals surface area contributed by atoms with Crippen LogP contribution in [0, 0.1) is 0 Å². The second kappa shape index (κ2) is 5.00. The second-order valence-electron chi connectivity index (χ2n) is 1.92. The van der Waals surface area contributed by atoms with E-state index < -0.39 is 0 Å². The van der Waals surface area contributed by atoms with Crippen LogP contribution in [0.3, 0.4) is 0 Å². The van der Waals surface area contributed by atoms with Crippen molar-refractivity contribution in [1.82, 2.24) is 0 Å². The zero-order valence-corrected chi connectivity index (χ0v) is 7.34. The molecule has 0 fully saturated rings. The van der Waals surface area contributed by atoms with E-state index in [9.17, 15) is 0 Å². The van der Waals surface area contributed by atoms with Gasteiger partial charge in [0, 0.05) is 4.90 Å². The lowest BCUT2D eigenvalue weighted by Crippen LogP contribution is -1.93. The van der Waals surface area contributed by atoms with Crippen LogP contribution in [-0.2, 0) is 9.32 Å². The molecule has 1 aromatic rings. The van der Waals surface area contributed by atoms with Gasteiger partial charge >= 0.3 is 0 Å². The SMILES string of the molecule is COc1ccc(SOON)cc1. The minimum absolute atomic E-state index is 0.799. The first-order valence-corrected chi connectivity index (χ1v) is 3.95. The van der Waals surface area contributed by atoms with Gasteiger partial charge in [-0.05, 0) is 24.3 Å². The molecule has 0 aliphatic carbocycles. The molecule has 0 saturated carbocycles. The summed E-state index contributed by atoms with van der Waals surface area (Å²) in [6, 6.07) is 7.31. The van der Waals surface area contributed by atoms with Gasteiger partial charge in [-0.1, -0.05) is 0 Å². The van der Waals surface area contributed by atoms with Gasteiger partial charge in [0.25, 0.3) is 0 Å². The van der Waals surface area contributed by atoms with Crippen LogP contribution in [0.25, 0.3) is 0 Å². The second-order valence-corrected chi connectivity index (χ2v) is 2.70. The van der Waals surface area contributed by atoms with Crippen LogP contribution >= 0.6 is 12.0 Å². The van der Waals surface area contributed by atoms with E-state index >= 15 is 0 Å². The summed E-state index contributed by atoms with van der Waals surface area (Å²) in [6.45, 7) is 0. The first-order chi connectivity index (χ1) is 5.86. The van der Waals surface area contributed by atoms with Crippen LogP contribution in [0.5, 0.6) is 5.75 Å². The van der Waals surface area contributed by atoms with Crippen molar-refractivity contribution in [1.29, 1.82) is 0 Å². The number of rotatable bonds is 4. The molecule has 1 rings (SSSR count). The number of nitrogens with two attached hydrogens (primary N) is 1. The van der Waals surface area contributed by atoms with Crippen molar-refractivity contribution in [3.63, 3.8) is 0 Å². The molecule has 2 N–H and O–H groups in total. The summed E-state index contributed by atoms with van der Waals surface area (Å²) in [6.07, 6.45) is 0.